The van der Waals surface area contributed by atoms with Crippen molar-refractivity contribution < 1.29 is 14.3 Å². The summed E-state index contributed by atoms with van der Waals surface area (Å²) in [7, 11) is 0. The predicted molar refractivity (Wildman–Crippen MR) is 128 cm³/mol. The van der Waals surface area contributed by atoms with E-state index in [0.717, 1.165) is 5.56 Å². The number of amides is 1. The number of aromatic nitrogens is 1. The Balaban J connectivity index is 1.52. The molecular formula is C27H27FN4O2. The number of pyridine rings is 1. The molecule has 174 valence electrons. The maximum atomic E-state index is 14.3. The molecule has 2 aliphatic heterocycles. The molecule has 0 saturated carbocycles. The van der Waals surface area contributed by atoms with Gasteiger partial charge in [0.05, 0.1) is 34.4 Å². The van der Waals surface area contributed by atoms with E-state index < -0.39 is 5.41 Å². The predicted octanol–water partition coefficient (Wildman–Crippen LogP) is 4.03. The van der Waals surface area contributed by atoms with Crippen LogP contribution in [0.5, 0.6) is 0 Å². The van der Waals surface area contributed by atoms with Gasteiger partial charge in [-0.05, 0) is 49.4 Å². The van der Waals surface area contributed by atoms with E-state index in [1.807, 2.05) is 30.3 Å². The molecule has 5 rings (SSSR count). The minimum Gasteiger partial charge on any atom is -0.393 e. The lowest BCUT2D eigenvalue weighted by Crippen LogP contribution is -2.44. The monoisotopic (exact) mass is 458 g/mol. The molecule has 34 heavy (non-hydrogen) atoms. The van der Waals surface area contributed by atoms with Gasteiger partial charge in [-0.25, -0.2) is 4.39 Å². The van der Waals surface area contributed by atoms with Crippen molar-refractivity contribution in [3.8, 4) is 6.07 Å². The highest BCUT2D eigenvalue weighted by atomic mass is 19.1. The Bertz CT molecular complexity index is 1240. The number of likely N-dealkylation sites (tertiary alicyclic amines) is 1. The SMILES string of the molecule is N#CC1(c2ccccc2)CCN(c2c(C(=O)N3CCC(O)CC3)cnc3ccc(F)cc23)CC1. The lowest BCUT2D eigenvalue weighted by Gasteiger charge is -2.40. The van der Waals surface area contributed by atoms with Gasteiger partial charge >= 0.3 is 0 Å². The third-order valence-corrected chi connectivity index (χ3v) is 7.26. The highest BCUT2D eigenvalue weighted by Gasteiger charge is 2.38. The Kier molecular flexibility index (Phi) is 5.93. The van der Waals surface area contributed by atoms with Crippen LogP contribution in [0.2, 0.25) is 0 Å². The first-order valence-electron chi connectivity index (χ1n) is 11.8. The Hall–Kier alpha value is -3.50. The second kappa shape index (κ2) is 9.03. The molecule has 2 aliphatic rings. The zero-order valence-corrected chi connectivity index (χ0v) is 19.0. The lowest BCUT2D eigenvalue weighted by molar-refractivity contribution is 0.0547. The van der Waals surface area contributed by atoms with Gasteiger partial charge in [-0.15, -0.1) is 0 Å². The van der Waals surface area contributed by atoms with Crippen molar-refractivity contribution in [3.05, 3.63) is 71.7 Å². The Labute approximate surface area is 198 Å². The summed E-state index contributed by atoms with van der Waals surface area (Å²) in [5.41, 5.74) is 2.17. The lowest BCUT2D eigenvalue weighted by atomic mass is 9.74. The number of nitriles is 1. The number of piperidine rings is 2. The van der Waals surface area contributed by atoms with Crippen LogP contribution in [-0.2, 0) is 5.41 Å². The number of rotatable bonds is 3. The van der Waals surface area contributed by atoms with E-state index in [1.54, 1.807) is 17.2 Å². The van der Waals surface area contributed by atoms with Crippen molar-refractivity contribution in [2.75, 3.05) is 31.1 Å². The molecule has 3 heterocycles. The number of halogens is 1. The van der Waals surface area contributed by atoms with E-state index in [0.29, 0.717) is 74.0 Å². The van der Waals surface area contributed by atoms with Crippen molar-refractivity contribution in [2.24, 2.45) is 0 Å². The molecule has 2 aromatic carbocycles. The van der Waals surface area contributed by atoms with Gasteiger partial charge in [0.15, 0.2) is 0 Å². The van der Waals surface area contributed by atoms with Gasteiger partial charge in [0.2, 0.25) is 0 Å². The molecule has 0 bridgehead atoms. The number of fused-ring (bicyclic) bond motifs is 1. The number of carbonyl (C=O) groups excluding carboxylic acids is 1. The molecule has 0 spiro atoms. The summed E-state index contributed by atoms with van der Waals surface area (Å²) in [6.45, 7) is 2.09. The fraction of sp³-hybridized carbons (Fsp3) is 0.370. The van der Waals surface area contributed by atoms with Crippen molar-refractivity contribution in [3.63, 3.8) is 0 Å². The number of aliphatic hydroxyl groups excluding tert-OH is 1. The first-order chi connectivity index (χ1) is 16.5. The van der Waals surface area contributed by atoms with E-state index in [-0.39, 0.29) is 17.8 Å². The van der Waals surface area contributed by atoms with Gasteiger partial charge in [-0.3, -0.25) is 9.78 Å². The molecule has 0 aliphatic carbocycles. The summed E-state index contributed by atoms with van der Waals surface area (Å²) in [4.78, 5) is 21.8. The zero-order valence-electron chi connectivity index (χ0n) is 19.0. The van der Waals surface area contributed by atoms with E-state index >= 15 is 0 Å². The van der Waals surface area contributed by atoms with Crippen LogP contribution in [0, 0.1) is 17.1 Å². The number of hydrogen-bond acceptors (Lipinski definition) is 5. The summed E-state index contributed by atoms with van der Waals surface area (Å²) in [6.07, 6.45) is 3.51. The van der Waals surface area contributed by atoms with Gasteiger partial charge in [-0.1, -0.05) is 30.3 Å². The highest BCUT2D eigenvalue weighted by molar-refractivity contribution is 6.07. The molecule has 1 aromatic heterocycles. The zero-order chi connectivity index (χ0) is 23.7. The minimum absolute atomic E-state index is 0.152. The Morgan fingerprint density at radius 1 is 1.09 bits per heavy atom. The number of nitrogens with zero attached hydrogens (tertiary/aromatic N) is 4. The van der Waals surface area contributed by atoms with Crippen LogP contribution in [0.3, 0.4) is 0 Å². The van der Waals surface area contributed by atoms with Gasteiger partial charge in [-0.2, -0.15) is 5.26 Å². The third kappa shape index (κ3) is 3.99. The molecular weight excluding hydrogens is 431 g/mol. The molecule has 3 aromatic rings. The quantitative estimate of drug-likeness (QED) is 0.641. The van der Waals surface area contributed by atoms with E-state index in [2.05, 4.69) is 16.0 Å². The van der Waals surface area contributed by atoms with Crippen molar-refractivity contribution in [1.82, 2.24) is 9.88 Å². The summed E-state index contributed by atoms with van der Waals surface area (Å²) in [5.74, 6) is -0.533. The van der Waals surface area contributed by atoms with Crippen LogP contribution < -0.4 is 4.90 Å². The van der Waals surface area contributed by atoms with Gasteiger partial charge in [0, 0.05) is 37.8 Å². The second-order valence-electron chi connectivity index (χ2n) is 9.25. The topological polar surface area (TPSA) is 80.5 Å². The molecule has 1 amide bonds. The fourth-order valence-corrected chi connectivity index (χ4v) is 5.22. The van der Waals surface area contributed by atoms with Crippen molar-refractivity contribution in [2.45, 2.75) is 37.2 Å². The highest BCUT2D eigenvalue weighted by Crippen LogP contribution is 2.39. The largest absolute Gasteiger partial charge is 0.393 e. The number of aliphatic hydroxyl groups is 1. The first kappa shape index (κ1) is 22.3. The number of carbonyl (C=O) groups is 1. The van der Waals surface area contributed by atoms with Gasteiger partial charge in [0.25, 0.3) is 5.91 Å². The maximum Gasteiger partial charge on any atom is 0.257 e. The molecule has 0 unspecified atom stereocenters. The summed E-state index contributed by atoms with van der Waals surface area (Å²) < 4.78 is 14.3. The summed E-state index contributed by atoms with van der Waals surface area (Å²) >= 11 is 0. The van der Waals surface area contributed by atoms with Crippen LogP contribution in [0.25, 0.3) is 10.9 Å². The minimum atomic E-state index is -0.584. The Morgan fingerprint density at radius 3 is 2.47 bits per heavy atom. The van der Waals surface area contributed by atoms with Crippen LogP contribution in [-0.4, -0.2) is 53.2 Å². The van der Waals surface area contributed by atoms with Crippen LogP contribution in [0.15, 0.2) is 54.7 Å². The van der Waals surface area contributed by atoms with Crippen LogP contribution >= 0.6 is 0 Å². The number of anilines is 1. The van der Waals surface area contributed by atoms with Crippen molar-refractivity contribution in [1.29, 1.82) is 5.26 Å². The maximum absolute atomic E-state index is 14.3. The average Bonchev–Trinajstić information content (AvgIpc) is 2.88. The van der Waals surface area contributed by atoms with E-state index in [9.17, 15) is 19.6 Å². The standard InChI is InChI=1S/C27H27FN4O2/c28-20-6-7-24-22(16-20)25(23(17-30-24)26(34)32-12-8-21(33)9-13-32)31-14-10-27(18-29,11-15-31)19-4-2-1-3-5-19/h1-7,16-17,21,33H,8-15H2. The van der Waals surface area contributed by atoms with Crippen LogP contribution in [0.4, 0.5) is 10.1 Å². The first-order valence-corrected chi connectivity index (χ1v) is 11.8. The molecule has 0 radical (unpaired) electrons. The summed E-state index contributed by atoms with van der Waals surface area (Å²) in [6, 6.07) is 16.8. The van der Waals surface area contributed by atoms with Gasteiger partial charge < -0.3 is 14.9 Å². The fourth-order valence-electron chi connectivity index (χ4n) is 5.22. The molecule has 6 nitrogen and oxygen atoms in total. The normalized spacial score (nSPS) is 18.6. The molecule has 1 N–H and O–H groups in total. The van der Waals surface area contributed by atoms with Crippen molar-refractivity contribution >= 4 is 22.5 Å². The number of hydrogen-bond donors (Lipinski definition) is 1. The van der Waals surface area contributed by atoms with E-state index in [4.69, 9.17) is 0 Å². The molecule has 2 saturated heterocycles. The molecule has 2 fully saturated rings. The number of benzene rings is 2. The average molecular weight is 459 g/mol. The van der Waals surface area contributed by atoms with Gasteiger partial charge in [0.1, 0.15) is 5.82 Å². The molecule has 0 atom stereocenters. The molecule has 7 heteroatoms. The smallest absolute Gasteiger partial charge is 0.257 e. The summed E-state index contributed by atoms with van der Waals surface area (Å²) in [5, 5.41) is 20.5. The van der Waals surface area contributed by atoms with E-state index in [1.165, 1.54) is 12.1 Å². The third-order valence-electron chi connectivity index (χ3n) is 7.26. The Morgan fingerprint density at radius 2 is 1.79 bits per heavy atom. The second-order valence-corrected chi connectivity index (χ2v) is 9.25. The van der Waals surface area contributed by atoms with Crippen LogP contribution in [0.1, 0.15) is 41.6 Å².